The molecule has 0 amide bonds. The van der Waals surface area contributed by atoms with Crippen LogP contribution < -0.4 is 4.74 Å². The van der Waals surface area contributed by atoms with Gasteiger partial charge in [0, 0.05) is 5.75 Å². The fraction of sp³-hybridized carbons (Fsp3) is 0.625. The summed E-state index contributed by atoms with van der Waals surface area (Å²) in [4.78, 5) is 0. The zero-order chi connectivity index (χ0) is 14.0. The van der Waals surface area contributed by atoms with Gasteiger partial charge in [0.15, 0.2) is 0 Å². The summed E-state index contributed by atoms with van der Waals surface area (Å²) in [6.45, 7) is 14.0. The van der Waals surface area contributed by atoms with Crippen LogP contribution in [0.2, 0.25) is 0 Å². The Balaban J connectivity index is 3.21. The van der Waals surface area contributed by atoms with Crippen LogP contribution in [0.5, 0.6) is 5.75 Å². The summed E-state index contributed by atoms with van der Waals surface area (Å²) in [7, 11) is 0. The van der Waals surface area contributed by atoms with Gasteiger partial charge < -0.3 is 4.74 Å². The van der Waals surface area contributed by atoms with Gasteiger partial charge in [-0.05, 0) is 34.1 Å². The SMILES string of the molecule is CC(C)(C)c1cc(OCC[S])cc(C(C)(C)C)c1. The van der Waals surface area contributed by atoms with Crippen molar-refractivity contribution in [2.24, 2.45) is 0 Å². The Kier molecular flexibility index (Phi) is 4.77. The fourth-order valence-electron chi connectivity index (χ4n) is 1.71. The number of ether oxygens (including phenoxy) is 1. The maximum absolute atomic E-state index is 5.72. The molecule has 0 saturated heterocycles. The lowest BCUT2D eigenvalue weighted by Gasteiger charge is -2.26. The molecule has 0 atom stereocenters. The Labute approximate surface area is 117 Å². The number of benzene rings is 1. The van der Waals surface area contributed by atoms with Gasteiger partial charge in [0.2, 0.25) is 0 Å². The molecule has 1 aromatic rings. The minimum atomic E-state index is 0.132. The minimum absolute atomic E-state index is 0.132. The van der Waals surface area contributed by atoms with E-state index in [0.29, 0.717) is 12.4 Å². The van der Waals surface area contributed by atoms with E-state index in [1.807, 2.05) is 0 Å². The highest BCUT2D eigenvalue weighted by molar-refractivity contribution is 7.80. The third kappa shape index (κ3) is 4.24. The van der Waals surface area contributed by atoms with Gasteiger partial charge in [-0.25, -0.2) is 0 Å². The summed E-state index contributed by atoms with van der Waals surface area (Å²) in [6.07, 6.45) is 0. The molecule has 0 saturated carbocycles. The van der Waals surface area contributed by atoms with Crippen molar-refractivity contribution in [3.05, 3.63) is 29.3 Å². The average Bonchev–Trinajstić information content (AvgIpc) is 2.23. The standard InChI is InChI=1S/C16H25OS/c1-15(2,3)12-9-13(16(4,5)6)11-14(10-12)17-7-8-18/h9-11H,7-8H2,1-6H3. The molecule has 0 aliphatic carbocycles. The van der Waals surface area contributed by atoms with Crippen molar-refractivity contribution in [3.63, 3.8) is 0 Å². The van der Waals surface area contributed by atoms with Crippen LogP contribution in [-0.2, 0) is 10.8 Å². The maximum Gasteiger partial charge on any atom is 0.119 e. The molecule has 0 aliphatic rings. The summed E-state index contributed by atoms with van der Waals surface area (Å²) >= 11 is 4.94. The molecule has 0 unspecified atom stereocenters. The molecule has 0 fully saturated rings. The van der Waals surface area contributed by atoms with E-state index in [0.717, 1.165) is 5.75 Å². The molecule has 2 heteroatoms. The van der Waals surface area contributed by atoms with Crippen LogP contribution in [0.4, 0.5) is 0 Å². The van der Waals surface area contributed by atoms with E-state index < -0.39 is 0 Å². The quantitative estimate of drug-likeness (QED) is 0.758. The predicted molar refractivity (Wildman–Crippen MR) is 81.8 cm³/mol. The Morgan fingerprint density at radius 1 is 0.889 bits per heavy atom. The van der Waals surface area contributed by atoms with Crippen molar-refractivity contribution in [2.75, 3.05) is 12.4 Å². The molecule has 1 rings (SSSR count). The van der Waals surface area contributed by atoms with Crippen LogP contribution in [0, 0.1) is 0 Å². The number of hydrogen-bond acceptors (Lipinski definition) is 1. The molecule has 0 heterocycles. The van der Waals surface area contributed by atoms with Gasteiger partial charge >= 0.3 is 0 Å². The van der Waals surface area contributed by atoms with E-state index in [2.05, 4.69) is 59.7 Å². The van der Waals surface area contributed by atoms with Crippen molar-refractivity contribution >= 4 is 12.6 Å². The molecule has 0 spiro atoms. The van der Waals surface area contributed by atoms with Gasteiger partial charge in [-0.3, -0.25) is 0 Å². The van der Waals surface area contributed by atoms with Crippen molar-refractivity contribution in [3.8, 4) is 5.75 Å². The molecule has 0 aromatic heterocycles. The molecule has 1 nitrogen and oxygen atoms in total. The highest BCUT2D eigenvalue weighted by atomic mass is 32.1. The first kappa shape index (κ1) is 15.4. The monoisotopic (exact) mass is 265 g/mol. The number of hydrogen-bond donors (Lipinski definition) is 0. The van der Waals surface area contributed by atoms with Crippen molar-refractivity contribution in [1.29, 1.82) is 0 Å². The summed E-state index contributed by atoms with van der Waals surface area (Å²) in [6, 6.07) is 6.57. The molecule has 1 radical (unpaired) electrons. The van der Waals surface area contributed by atoms with E-state index in [9.17, 15) is 0 Å². The molecule has 0 aliphatic heterocycles. The lowest BCUT2D eigenvalue weighted by molar-refractivity contribution is 0.342. The largest absolute Gasteiger partial charge is 0.493 e. The van der Waals surface area contributed by atoms with Gasteiger partial charge in [0.05, 0.1) is 6.61 Å². The zero-order valence-electron chi connectivity index (χ0n) is 12.5. The Morgan fingerprint density at radius 2 is 1.33 bits per heavy atom. The third-order valence-corrected chi connectivity index (χ3v) is 3.16. The van der Waals surface area contributed by atoms with Gasteiger partial charge in [-0.1, -0.05) is 60.2 Å². The van der Waals surface area contributed by atoms with Gasteiger partial charge in [-0.15, -0.1) is 0 Å². The van der Waals surface area contributed by atoms with Gasteiger partial charge in [0.25, 0.3) is 0 Å². The van der Waals surface area contributed by atoms with Crippen LogP contribution in [-0.4, -0.2) is 12.4 Å². The maximum atomic E-state index is 5.72. The molecule has 1 aromatic carbocycles. The second kappa shape index (κ2) is 5.56. The summed E-state index contributed by atoms with van der Waals surface area (Å²) < 4.78 is 5.72. The highest BCUT2D eigenvalue weighted by Crippen LogP contribution is 2.32. The van der Waals surface area contributed by atoms with Gasteiger partial charge in [-0.2, -0.15) is 0 Å². The lowest BCUT2D eigenvalue weighted by atomic mass is 9.80. The van der Waals surface area contributed by atoms with E-state index in [1.165, 1.54) is 11.1 Å². The second-order valence-electron chi connectivity index (χ2n) is 6.80. The molecule has 18 heavy (non-hydrogen) atoms. The van der Waals surface area contributed by atoms with Gasteiger partial charge in [0.1, 0.15) is 5.75 Å². The normalized spacial score (nSPS) is 12.6. The fourth-order valence-corrected chi connectivity index (χ4v) is 1.79. The van der Waals surface area contributed by atoms with Crippen molar-refractivity contribution < 1.29 is 4.74 Å². The van der Waals surface area contributed by atoms with Crippen LogP contribution in [0.3, 0.4) is 0 Å². The highest BCUT2D eigenvalue weighted by Gasteiger charge is 2.20. The average molecular weight is 265 g/mol. The van der Waals surface area contributed by atoms with Crippen molar-refractivity contribution in [2.45, 2.75) is 52.4 Å². The number of rotatable bonds is 3. The smallest absolute Gasteiger partial charge is 0.119 e. The minimum Gasteiger partial charge on any atom is -0.493 e. The predicted octanol–water partition coefficient (Wildman–Crippen LogP) is 4.86. The first-order valence-electron chi connectivity index (χ1n) is 6.51. The molecule has 0 N–H and O–H groups in total. The van der Waals surface area contributed by atoms with E-state index in [1.54, 1.807) is 0 Å². The summed E-state index contributed by atoms with van der Waals surface area (Å²) in [5, 5.41) is 0. The van der Waals surface area contributed by atoms with E-state index in [-0.39, 0.29) is 10.8 Å². The Morgan fingerprint density at radius 3 is 1.67 bits per heavy atom. The van der Waals surface area contributed by atoms with Crippen LogP contribution >= 0.6 is 12.6 Å². The molecular formula is C16H25OS. The topological polar surface area (TPSA) is 9.23 Å². The first-order chi connectivity index (χ1) is 8.14. The Hall–Kier alpha value is -0.630. The first-order valence-corrected chi connectivity index (χ1v) is 7.09. The zero-order valence-corrected chi connectivity index (χ0v) is 13.3. The van der Waals surface area contributed by atoms with Crippen LogP contribution in [0.15, 0.2) is 18.2 Å². The molecule has 101 valence electrons. The molecule has 0 bridgehead atoms. The molecular weight excluding hydrogens is 240 g/mol. The summed E-state index contributed by atoms with van der Waals surface area (Å²) in [5.74, 6) is 1.57. The second-order valence-corrected chi connectivity index (χ2v) is 7.21. The van der Waals surface area contributed by atoms with E-state index >= 15 is 0 Å². The van der Waals surface area contributed by atoms with Crippen LogP contribution in [0.1, 0.15) is 52.7 Å². The summed E-state index contributed by atoms with van der Waals surface area (Å²) in [5.41, 5.74) is 2.89. The van der Waals surface area contributed by atoms with Crippen molar-refractivity contribution in [1.82, 2.24) is 0 Å². The third-order valence-electron chi connectivity index (χ3n) is 2.99. The Bertz CT molecular complexity index is 364. The lowest BCUT2D eigenvalue weighted by Crippen LogP contribution is -2.16. The van der Waals surface area contributed by atoms with Crippen LogP contribution in [0.25, 0.3) is 0 Å². The van der Waals surface area contributed by atoms with E-state index in [4.69, 9.17) is 17.4 Å².